The maximum atomic E-state index is 6.21. The van der Waals surface area contributed by atoms with E-state index in [0.29, 0.717) is 5.84 Å². The first kappa shape index (κ1) is 12.0. The van der Waals surface area contributed by atoms with Crippen LogP contribution >= 0.6 is 11.3 Å². The molecule has 0 saturated heterocycles. The molecule has 0 saturated carbocycles. The maximum Gasteiger partial charge on any atom is 0.134 e. The molecule has 1 aliphatic rings. The van der Waals surface area contributed by atoms with E-state index in [4.69, 9.17) is 5.73 Å². The van der Waals surface area contributed by atoms with Crippen LogP contribution in [0.3, 0.4) is 0 Å². The summed E-state index contributed by atoms with van der Waals surface area (Å²) in [4.78, 5) is 5.71. The Balaban J connectivity index is 2.19. The molecule has 0 aliphatic carbocycles. The number of aliphatic imine (C=N–C) groups is 1. The predicted molar refractivity (Wildman–Crippen MR) is 82.9 cm³/mol. The number of nitrogens with zero attached hydrogens (tertiary/aromatic N) is 1. The Morgan fingerprint density at radius 3 is 2.79 bits per heavy atom. The van der Waals surface area contributed by atoms with Crippen molar-refractivity contribution in [1.82, 2.24) is 0 Å². The molecule has 4 heteroatoms. The average molecular weight is 269 g/mol. The van der Waals surface area contributed by atoms with Crippen LogP contribution < -0.4 is 11.1 Å². The fraction of sp³-hybridized carbons (Fsp3) is 0.133. The molecule has 0 spiro atoms. The Bertz CT molecular complexity index is 654. The number of fused-ring (bicyclic) bond motifs is 1. The minimum Gasteiger partial charge on any atom is -0.383 e. The van der Waals surface area contributed by atoms with Crippen molar-refractivity contribution in [2.75, 3.05) is 5.32 Å². The van der Waals surface area contributed by atoms with Crippen molar-refractivity contribution >= 4 is 34.1 Å². The number of thiophene rings is 1. The summed E-state index contributed by atoms with van der Waals surface area (Å²) < 4.78 is 0. The van der Waals surface area contributed by atoms with Crippen LogP contribution in [0.1, 0.15) is 18.2 Å². The number of rotatable bonds is 2. The molecule has 19 heavy (non-hydrogen) atoms. The van der Waals surface area contributed by atoms with E-state index in [1.54, 1.807) is 11.3 Å². The number of allylic oxidation sites excluding steroid dienone is 1. The number of benzene rings is 1. The summed E-state index contributed by atoms with van der Waals surface area (Å²) >= 11 is 1.68. The molecule has 0 unspecified atom stereocenters. The number of anilines is 1. The Morgan fingerprint density at radius 2 is 2.05 bits per heavy atom. The lowest BCUT2D eigenvalue weighted by molar-refractivity contribution is 1.12. The van der Waals surface area contributed by atoms with Crippen LogP contribution in [0.5, 0.6) is 0 Å². The van der Waals surface area contributed by atoms with Crippen LogP contribution in [-0.4, -0.2) is 5.84 Å². The van der Waals surface area contributed by atoms with Crippen molar-refractivity contribution in [2.45, 2.75) is 13.3 Å². The summed E-state index contributed by atoms with van der Waals surface area (Å²) in [6.45, 7) is 2.12. The fourth-order valence-corrected chi connectivity index (χ4v) is 3.01. The lowest BCUT2D eigenvalue weighted by Gasteiger charge is -2.12. The lowest BCUT2D eigenvalue weighted by Crippen LogP contribution is -2.15. The maximum absolute atomic E-state index is 6.21. The van der Waals surface area contributed by atoms with Gasteiger partial charge >= 0.3 is 0 Å². The monoisotopic (exact) mass is 269 g/mol. The Hall–Kier alpha value is -2.07. The molecule has 96 valence electrons. The Labute approximate surface area is 116 Å². The van der Waals surface area contributed by atoms with Gasteiger partial charge in [-0.1, -0.05) is 25.1 Å². The third-order valence-electron chi connectivity index (χ3n) is 3.11. The van der Waals surface area contributed by atoms with Crippen LogP contribution in [0.25, 0.3) is 5.57 Å². The van der Waals surface area contributed by atoms with E-state index in [2.05, 4.69) is 28.7 Å². The zero-order valence-corrected chi connectivity index (χ0v) is 11.5. The largest absolute Gasteiger partial charge is 0.383 e. The second-order valence-corrected chi connectivity index (χ2v) is 5.27. The van der Waals surface area contributed by atoms with Gasteiger partial charge in [0.2, 0.25) is 0 Å². The van der Waals surface area contributed by atoms with Crippen molar-refractivity contribution < 1.29 is 0 Å². The molecular formula is C15H15N3S. The minimum atomic E-state index is 0.580. The topological polar surface area (TPSA) is 50.4 Å². The summed E-state index contributed by atoms with van der Waals surface area (Å²) in [6.07, 6.45) is 0.887. The smallest absolute Gasteiger partial charge is 0.134 e. The van der Waals surface area contributed by atoms with Crippen LogP contribution in [0.15, 0.2) is 52.5 Å². The first-order valence-electron chi connectivity index (χ1n) is 6.27. The van der Waals surface area contributed by atoms with Crippen LogP contribution in [-0.2, 0) is 0 Å². The van der Waals surface area contributed by atoms with E-state index >= 15 is 0 Å². The first-order valence-corrected chi connectivity index (χ1v) is 7.15. The molecule has 0 atom stereocenters. The zero-order valence-electron chi connectivity index (χ0n) is 10.7. The number of amidine groups is 1. The van der Waals surface area contributed by atoms with Crippen LogP contribution in [0.2, 0.25) is 0 Å². The van der Waals surface area contributed by atoms with E-state index in [-0.39, 0.29) is 0 Å². The third-order valence-corrected chi connectivity index (χ3v) is 4.00. The Morgan fingerprint density at radius 1 is 1.21 bits per heavy atom. The molecule has 0 radical (unpaired) electrons. The van der Waals surface area contributed by atoms with Crippen molar-refractivity contribution in [3.63, 3.8) is 0 Å². The third kappa shape index (κ3) is 2.15. The van der Waals surface area contributed by atoms with E-state index < -0.39 is 0 Å². The summed E-state index contributed by atoms with van der Waals surface area (Å²) in [5.41, 5.74) is 10.2. The number of para-hydroxylation sites is 2. The molecule has 3 rings (SSSR count). The molecule has 0 fully saturated rings. The summed E-state index contributed by atoms with van der Waals surface area (Å²) in [7, 11) is 0. The van der Waals surface area contributed by atoms with Gasteiger partial charge in [0.15, 0.2) is 0 Å². The van der Waals surface area contributed by atoms with Crippen LogP contribution in [0.4, 0.5) is 11.4 Å². The van der Waals surface area contributed by atoms with Gasteiger partial charge in [0.25, 0.3) is 0 Å². The minimum absolute atomic E-state index is 0.580. The van der Waals surface area contributed by atoms with Gasteiger partial charge in [-0.15, -0.1) is 11.3 Å². The molecular weight excluding hydrogens is 254 g/mol. The van der Waals surface area contributed by atoms with Crippen molar-refractivity contribution in [1.29, 1.82) is 0 Å². The standard InChI is InChI=1S/C15H15N3S/c1-2-10-14(13-8-5-9-19-13)15(16)18-12-7-4-3-6-11(12)17-10/h3-9,17H,2H2,1H3,(H2,16,18). The highest BCUT2D eigenvalue weighted by atomic mass is 32.1. The number of nitrogens with one attached hydrogen (secondary N) is 1. The van der Waals surface area contributed by atoms with Crippen molar-refractivity contribution in [3.8, 4) is 0 Å². The van der Waals surface area contributed by atoms with E-state index in [0.717, 1.165) is 33.9 Å². The summed E-state index contributed by atoms with van der Waals surface area (Å²) in [5.74, 6) is 0.580. The van der Waals surface area contributed by atoms with Gasteiger partial charge in [-0.3, -0.25) is 0 Å². The normalized spacial score (nSPS) is 14.5. The van der Waals surface area contributed by atoms with Crippen LogP contribution in [0, 0.1) is 0 Å². The van der Waals surface area contributed by atoms with Gasteiger partial charge in [0, 0.05) is 10.6 Å². The van der Waals surface area contributed by atoms with Gasteiger partial charge in [-0.2, -0.15) is 0 Å². The molecule has 3 nitrogen and oxygen atoms in total. The number of nitrogens with two attached hydrogens (primary N) is 1. The predicted octanol–water partition coefficient (Wildman–Crippen LogP) is 3.98. The Kier molecular flexibility index (Phi) is 3.09. The van der Waals surface area contributed by atoms with Crippen molar-refractivity contribution in [2.24, 2.45) is 10.7 Å². The second kappa shape index (κ2) is 4.90. The number of hydrogen-bond acceptors (Lipinski definition) is 4. The fourth-order valence-electron chi connectivity index (χ4n) is 2.20. The van der Waals surface area contributed by atoms with Gasteiger partial charge in [-0.05, 0) is 30.0 Å². The highest BCUT2D eigenvalue weighted by Crippen LogP contribution is 2.34. The molecule has 1 aliphatic heterocycles. The quantitative estimate of drug-likeness (QED) is 0.866. The van der Waals surface area contributed by atoms with Crippen molar-refractivity contribution in [3.05, 3.63) is 52.4 Å². The summed E-state index contributed by atoms with van der Waals surface area (Å²) in [6, 6.07) is 12.1. The van der Waals surface area contributed by atoms with E-state index in [9.17, 15) is 0 Å². The molecule has 0 amide bonds. The highest BCUT2D eigenvalue weighted by Gasteiger charge is 2.18. The summed E-state index contributed by atoms with van der Waals surface area (Å²) in [5, 5.41) is 5.53. The van der Waals surface area contributed by atoms with E-state index in [1.807, 2.05) is 30.3 Å². The lowest BCUT2D eigenvalue weighted by atomic mass is 10.1. The molecule has 2 aromatic rings. The molecule has 3 N–H and O–H groups in total. The average Bonchev–Trinajstić information content (AvgIpc) is 2.89. The van der Waals surface area contributed by atoms with Gasteiger partial charge in [0.05, 0.1) is 16.9 Å². The zero-order chi connectivity index (χ0) is 13.2. The van der Waals surface area contributed by atoms with Gasteiger partial charge in [-0.25, -0.2) is 4.99 Å². The molecule has 0 bridgehead atoms. The second-order valence-electron chi connectivity index (χ2n) is 4.32. The van der Waals surface area contributed by atoms with Gasteiger partial charge in [0.1, 0.15) is 5.84 Å². The first-order chi connectivity index (χ1) is 9.29. The highest BCUT2D eigenvalue weighted by molar-refractivity contribution is 7.11. The van der Waals surface area contributed by atoms with Gasteiger partial charge < -0.3 is 11.1 Å². The van der Waals surface area contributed by atoms with E-state index in [1.165, 1.54) is 0 Å². The molecule has 1 aromatic carbocycles. The molecule has 2 heterocycles. The number of hydrogen-bond donors (Lipinski definition) is 2. The SMILES string of the molecule is CCC1=C(c2cccs2)C(N)=Nc2ccccc2N1. The molecule has 1 aromatic heterocycles.